The maximum absolute atomic E-state index is 12.3. The van der Waals surface area contributed by atoms with Gasteiger partial charge in [0.1, 0.15) is 11.0 Å². The summed E-state index contributed by atoms with van der Waals surface area (Å²) in [7, 11) is 0. The molecule has 21 heavy (non-hydrogen) atoms. The maximum atomic E-state index is 12.3. The van der Waals surface area contributed by atoms with Crippen LogP contribution in [-0.2, 0) is 21.8 Å². The van der Waals surface area contributed by atoms with Gasteiger partial charge >= 0.3 is 0 Å². The molecule has 0 radical (unpaired) electrons. The molecule has 5 heteroatoms. The normalized spacial score (nSPS) is 21.5. The zero-order chi connectivity index (χ0) is 14.7. The Labute approximate surface area is 126 Å². The van der Waals surface area contributed by atoms with Crippen LogP contribution in [0.25, 0.3) is 0 Å². The van der Waals surface area contributed by atoms with Gasteiger partial charge in [-0.1, -0.05) is 30.3 Å². The number of rotatable bonds is 5. The Kier molecular flexibility index (Phi) is 4.10. The van der Waals surface area contributed by atoms with Gasteiger partial charge in [-0.15, -0.1) is 11.8 Å². The van der Waals surface area contributed by atoms with Crippen LogP contribution in [0, 0.1) is 0 Å². The van der Waals surface area contributed by atoms with Crippen molar-refractivity contribution in [2.45, 2.75) is 23.5 Å². The Hall–Kier alpha value is -2.01. The Bertz CT molecular complexity index is 624. The second-order valence-electron chi connectivity index (χ2n) is 4.92. The van der Waals surface area contributed by atoms with Crippen molar-refractivity contribution in [2.75, 3.05) is 0 Å². The van der Waals surface area contributed by atoms with E-state index in [0.29, 0.717) is 12.2 Å². The third-order valence-corrected chi connectivity index (χ3v) is 4.64. The van der Waals surface area contributed by atoms with Gasteiger partial charge in [0.25, 0.3) is 0 Å². The number of thioether (sulfide) groups is 1. The number of benzene rings is 1. The van der Waals surface area contributed by atoms with E-state index in [1.165, 1.54) is 11.8 Å². The fourth-order valence-electron chi connectivity index (χ4n) is 2.35. The minimum absolute atomic E-state index is 0.0413. The molecule has 1 aliphatic rings. The second kappa shape index (κ2) is 6.18. The minimum Gasteiger partial charge on any atom is -0.468 e. The molecular formula is C16H15NO3S. The van der Waals surface area contributed by atoms with Crippen molar-refractivity contribution in [3.63, 3.8) is 0 Å². The average molecular weight is 301 g/mol. The highest BCUT2D eigenvalue weighted by Gasteiger charge is 2.40. The van der Waals surface area contributed by atoms with Crippen LogP contribution < -0.4 is 5.32 Å². The number of hydrogen-bond donors (Lipinski definition) is 1. The van der Waals surface area contributed by atoms with Gasteiger partial charge in [0.15, 0.2) is 5.78 Å². The van der Waals surface area contributed by atoms with Crippen molar-refractivity contribution in [1.29, 1.82) is 0 Å². The van der Waals surface area contributed by atoms with Gasteiger partial charge < -0.3 is 9.73 Å². The molecule has 1 fully saturated rings. The first-order chi connectivity index (χ1) is 10.2. The molecule has 1 aliphatic heterocycles. The summed E-state index contributed by atoms with van der Waals surface area (Å²) in [6, 6.07) is 12.9. The lowest BCUT2D eigenvalue weighted by Gasteiger charge is -2.08. The minimum atomic E-state index is -0.635. The highest BCUT2D eigenvalue weighted by molar-refractivity contribution is 8.00. The number of furan rings is 1. The van der Waals surface area contributed by atoms with E-state index in [4.69, 9.17) is 4.42 Å². The zero-order valence-corrected chi connectivity index (χ0v) is 12.1. The molecule has 0 bridgehead atoms. The molecule has 1 amide bonds. The van der Waals surface area contributed by atoms with Gasteiger partial charge in [-0.25, -0.2) is 0 Å². The monoisotopic (exact) mass is 301 g/mol. The van der Waals surface area contributed by atoms with Gasteiger partial charge in [-0.2, -0.15) is 0 Å². The molecule has 0 spiro atoms. The number of hydrogen-bond acceptors (Lipinski definition) is 4. The summed E-state index contributed by atoms with van der Waals surface area (Å²) in [4.78, 5) is 24.3. The van der Waals surface area contributed by atoms with Crippen molar-refractivity contribution >= 4 is 23.5 Å². The highest BCUT2D eigenvalue weighted by Crippen LogP contribution is 2.24. The smallest absolute Gasteiger partial charge is 0.241 e. The highest BCUT2D eigenvalue weighted by atomic mass is 32.2. The third-order valence-electron chi connectivity index (χ3n) is 3.41. The van der Waals surface area contributed by atoms with Gasteiger partial charge in [-0.3, -0.25) is 9.59 Å². The van der Waals surface area contributed by atoms with Crippen LogP contribution >= 0.6 is 11.8 Å². The van der Waals surface area contributed by atoms with E-state index in [1.807, 2.05) is 36.4 Å². The predicted octanol–water partition coefficient (Wildman–Crippen LogP) is 2.19. The first-order valence-corrected chi connectivity index (χ1v) is 7.81. The van der Waals surface area contributed by atoms with Crippen LogP contribution in [0.5, 0.6) is 0 Å². The van der Waals surface area contributed by atoms with Gasteiger partial charge in [0, 0.05) is 0 Å². The molecule has 4 nitrogen and oxygen atoms in total. The molecule has 2 unspecified atom stereocenters. The number of carbonyl (C=O) groups is 2. The molecule has 0 saturated carbocycles. The molecule has 0 aliphatic carbocycles. The average Bonchev–Trinajstić information content (AvgIpc) is 3.08. The van der Waals surface area contributed by atoms with E-state index in [1.54, 1.807) is 12.3 Å². The van der Waals surface area contributed by atoms with Crippen LogP contribution in [0.15, 0.2) is 53.1 Å². The summed E-state index contributed by atoms with van der Waals surface area (Å²) < 4.78 is 5.22. The Morgan fingerprint density at radius 1 is 1.10 bits per heavy atom. The number of Topliss-reactive ketones (excluding diaryl/α,β-unsaturated/α-hetero) is 1. The number of carbonyl (C=O) groups excluding carboxylic acids is 2. The molecule has 2 atom stereocenters. The second-order valence-corrected chi connectivity index (χ2v) is 6.02. The molecular weight excluding hydrogens is 286 g/mol. The number of ketones is 1. The van der Waals surface area contributed by atoms with Crippen LogP contribution in [0.2, 0.25) is 0 Å². The standard InChI is InChI=1S/C16H15NO3S/c18-14-13(9-11-5-2-1-3-6-11)17-16(19)15(14)21-10-12-7-4-8-20-12/h1-8,13,15H,9-10H2,(H,17,19). The van der Waals surface area contributed by atoms with E-state index in [0.717, 1.165) is 11.3 Å². The topological polar surface area (TPSA) is 59.3 Å². The lowest BCUT2D eigenvalue weighted by atomic mass is 10.0. The molecule has 1 aromatic heterocycles. The van der Waals surface area contributed by atoms with E-state index in [9.17, 15) is 9.59 Å². The van der Waals surface area contributed by atoms with Crippen molar-refractivity contribution in [2.24, 2.45) is 0 Å². The lowest BCUT2D eigenvalue weighted by Crippen LogP contribution is -2.31. The van der Waals surface area contributed by atoms with E-state index in [-0.39, 0.29) is 11.7 Å². The SMILES string of the molecule is O=C1NC(Cc2ccccc2)C(=O)C1SCc1ccco1. The first-order valence-electron chi connectivity index (χ1n) is 6.76. The predicted molar refractivity (Wildman–Crippen MR) is 80.9 cm³/mol. The summed E-state index contributed by atoms with van der Waals surface area (Å²) in [6.45, 7) is 0. The Balaban J connectivity index is 1.62. The van der Waals surface area contributed by atoms with Crippen LogP contribution in [0.4, 0.5) is 0 Å². The van der Waals surface area contributed by atoms with Gasteiger partial charge in [0.05, 0.1) is 18.1 Å². The fourth-order valence-corrected chi connectivity index (χ4v) is 3.39. The molecule has 1 saturated heterocycles. The van der Waals surface area contributed by atoms with Crippen molar-refractivity contribution in [3.8, 4) is 0 Å². The molecule has 3 rings (SSSR count). The van der Waals surface area contributed by atoms with Crippen LogP contribution in [-0.4, -0.2) is 23.0 Å². The largest absolute Gasteiger partial charge is 0.468 e. The Morgan fingerprint density at radius 3 is 2.62 bits per heavy atom. The Morgan fingerprint density at radius 2 is 1.90 bits per heavy atom. The van der Waals surface area contributed by atoms with E-state index < -0.39 is 11.3 Å². The quantitative estimate of drug-likeness (QED) is 0.860. The third kappa shape index (κ3) is 3.19. The summed E-state index contributed by atoms with van der Waals surface area (Å²) in [6.07, 6.45) is 2.13. The van der Waals surface area contributed by atoms with Crippen molar-refractivity contribution in [1.82, 2.24) is 5.32 Å². The van der Waals surface area contributed by atoms with Gasteiger partial charge in [0.2, 0.25) is 5.91 Å². The van der Waals surface area contributed by atoms with Crippen molar-refractivity contribution in [3.05, 3.63) is 60.1 Å². The van der Waals surface area contributed by atoms with E-state index in [2.05, 4.69) is 5.32 Å². The van der Waals surface area contributed by atoms with E-state index >= 15 is 0 Å². The van der Waals surface area contributed by atoms with Gasteiger partial charge in [-0.05, 0) is 24.1 Å². The summed E-state index contributed by atoms with van der Waals surface area (Å²) in [5.74, 6) is 1.06. The van der Waals surface area contributed by atoms with Crippen LogP contribution in [0.3, 0.4) is 0 Å². The van der Waals surface area contributed by atoms with Crippen molar-refractivity contribution < 1.29 is 14.0 Å². The molecule has 2 aromatic rings. The number of nitrogens with one attached hydrogen (secondary N) is 1. The summed E-state index contributed by atoms with van der Waals surface area (Å²) in [5, 5.41) is 2.16. The van der Waals surface area contributed by atoms with Crippen LogP contribution in [0.1, 0.15) is 11.3 Å². The fraction of sp³-hybridized carbons (Fsp3) is 0.250. The zero-order valence-electron chi connectivity index (χ0n) is 11.3. The maximum Gasteiger partial charge on any atom is 0.241 e. The summed E-state index contributed by atoms with van der Waals surface area (Å²) in [5.41, 5.74) is 1.05. The number of amides is 1. The molecule has 1 aromatic carbocycles. The molecule has 1 N–H and O–H groups in total. The first kappa shape index (κ1) is 13.9. The molecule has 2 heterocycles. The molecule has 108 valence electrons. The summed E-state index contributed by atoms with van der Waals surface area (Å²) >= 11 is 1.32. The lowest BCUT2D eigenvalue weighted by molar-refractivity contribution is -0.121.